The van der Waals surface area contributed by atoms with Crippen LogP contribution < -0.4 is 19.3 Å². The van der Waals surface area contributed by atoms with Crippen molar-refractivity contribution < 1.29 is 19.1 Å². The molecule has 220 valence electrons. The lowest BCUT2D eigenvalue weighted by molar-refractivity contribution is 0.0475. The molecule has 11 nitrogen and oxygen atoms in total. The van der Waals surface area contributed by atoms with Crippen molar-refractivity contribution in [3.63, 3.8) is 0 Å². The molecule has 0 bridgehead atoms. The number of amides is 2. The smallest absolute Gasteiger partial charge is 0.324 e. The van der Waals surface area contributed by atoms with Crippen LogP contribution >= 0.6 is 0 Å². The zero-order chi connectivity index (χ0) is 29.4. The van der Waals surface area contributed by atoms with Gasteiger partial charge in [-0.25, -0.2) is 4.98 Å². The Balaban J connectivity index is 1.17. The summed E-state index contributed by atoms with van der Waals surface area (Å²) in [5, 5.41) is 0. The number of carbonyl (C=O) groups is 2. The quantitative estimate of drug-likeness (QED) is 0.456. The molecule has 0 unspecified atom stereocenters. The average molecular weight is 572 g/mol. The number of piperidine rings is 1. The van der Waals surface area contributed by atoms with E-state index in [0.29, 0.717) is 53.3 Å². The zero-order valence-electron chi connectivity index (χ0n) is 24.6. The van der Waals surface area contributed by atoms with Crippen LogP contribution in [0.4, 0.5) is 17.2 Å². The van der Waals surface area contributed by atoms with Gasteiger partial charge < -0.3 is 29.1 Å². The molecule has 0 radical (unpaired) electrons. The maximum atomic E-state index is 13.4. The van der Waals surface area contributed by atoms with Crippen LogP contribution in [0.25, 0.3) is 0 Å². The van der Waals surface area contributed by atoms with E-state index in [1.165, 1.54) is 17.7 Å². The molecule has 11 heteroatoms. The standard InChI is InChI=1S/C31H37N7O4/c1-34-13-11-22(12-14-34)37-15-17-38(18-16-37)29(39)21-9-10-26(27(19-21)41-4)42-31-32-20-25-28(33-31)35(2)24-8-6-5-7-23(24)30(40)36(25)3/h5-10,19-20,22H,11-18H2,1-4H3. The number of fused-ring (bicyclic) bond motifs is 2. The van der Waals surface area contributed by atoms with E-state index >= 15 is 0 Å². The van der Waals surface area contributed by atoms with E-state index in [1.807, 2.05) is 35.0 Å². The van der Waals surface area contributed by atoms with Gasteiger partial charge in [-0.1, -0.05) is 12.1 Å². The van der Waals surface area contributed by atoms with E-state index in [0.717, 1.165) is 31.9 Å². The highest BCUT2D eigenvalue weighted by Gasteiger charge is 2.30. The second kappa shape index (κ2) is 11.6. The number of methoxy groups -OCH3 is 1. The SMILES string of the molecule is COc1cc(C(=O)N2CCN(C3CCN(C)CC3)CC2)ccc1Oc1ncc2c(n1)N(C)c1ccccc1C(=O)N2C. The fraction of sp³-hybridized carbons (Fsp3) is 0.419. The van der Waals surface area contributed by atoms with Gasteiger partial charge in [0.05, 0.1) is 24.6 Å². The van der Waals surface area contributed by atoms with E-state index in [1.54, 1.807) is 44.6 Å². The van der Waals surface area contributed by atoms with Crippen molar-refractivity contribution in [3.05, 3.63) is 59.8 Å². The van der Waals surface area contributed by atoms with Crippen LogP contribution in [0.15, 0.2) is 48.7 Å². The molecule has 2 aromatic carbocycles. The molecule has 3 aromatic rings. The Labute approximate surface area is 246 Å². The number of anilines is 3. The van der Waals surface area contributed by atoms with E-state index in [4.69, 9.17) is 9.47 Å². The first-order valence-corrected chi connectivity index (χ1v) is 14.4. The average Bonchev–Trinajstić information content (AvgIpc) is 3.10. The molecule has 0 spiro atoms. The molecular weight excluding hydrogens is 534 g/mol. The predicted molar refractivity (Wildman–Crippen MR) is 160 cm³/mol. The van der Waals surface area contributed by atoms with Crippen molar-refractivity contribution in [1.82, 2.24) is 24.7 Å². The van der Waals surface area contributed by atoms with E-state index in [9.17, 15) is 9.59 Å². The molecule has 0 saturated carbocycles. The molecule has 2 fully saturated rings. The Hall–Kier alpha value is -4.22. The summed E-state index contributed by atoms with van der Waals surface area (Å²) in [6.45, 7) is 5.48. The van der Waals surface area contributed by atoms with Gasteiger partial charge in [0, 0.05) is 51.9 Å². The van der Waals surface area contributed by atoms with Gasteiger partial charge >= 0.3 is 6.01 Å². The minimum absolute atomic E-state index is 0.0165. The number of piperazine rings is 1. The molecule has 1 aromatic heterocycles. The van der Waals surface area contributed by atoms with Crippen molar-refractivity contribution >= 4 is 29.0 Å². The number of ether oxygens (including phenoxy) is 2. The first kappa shape index (κ1) is 27.9. The van der Waals surface area contributed by atoms with E-state index < -0.39 is 0 Å². The highest BCUT2D eigenvalue weighted by atomic mass is 16.5. The fourth-order valence-electron chi connectivity index (χ4n) is 6.05. The second-order valence-corrected chi connectivity index (χ2v) is 11.1. The number of hydrogen-bond donors (Lipinski definition) is 0. The summed E-state index contributed by atoms with van der Waals surface area (Å²) in [7, 11) is 7.28. The molecule has 0 N–H and O–H groups in total. The highest BCUT2D eigenvalue weighted by molar-refractivity contribution is 6.13. The zero-order valence-corrected chi connectivity index (χ0v) is 24.6. The number of aromatic nitrogens is 2. The minimum atomic E-state index is -0.140. The lowest BCUT2D eigenvalue weighted by Crippen LogP contribution is -2.54. The van der Waals surface area contributed by atoms with Gasteiger partial charge in [0.1, 0.15) is 5.69 Å². The molecule has 3 aliphatic rings. The number of benzene rings is 2. The molecular formula is C31H37N7O4. The third kappa shape index (κ3) is 5.25. The van der Waals surface area contributed by atoms with E-state index in [2.05, 4.69) is 26.8 Å². The van der Waals surface area contributed by atoms with Crippen LogP contribution in [0.1, 0.15) is 33.6 Å². The lowest BCUT2D eigenvalue weighted by atomic mass is 10.0. The van der Waals surface area contributed by atoms with Gasteiger partial charge in [-0.3, -0.25) is 14.5 Å². The number of para-hydroxylation sites is 1. The monoisotopic (exact) mass is 571 g/mol. The Morgan fingerprint density at radius 2 is 1.62 bits per heavy atom. The van der Waals surface area contributed by atoms with Gasteiger partial charge in [-0.2, -0.15) is 4.98 Å². The summed E-state index contributed by atoms with van der Waals surface area (Å²) in [4.78, 5) is 45.7. The molecule has 42 heavy (non-hydrogen) atoms. The van der Waals surface area contributed by atoms with Gasteiger partial charge in [-0.15, -0.1) is 0 Å². The molecule has 0 atom stereocenters. The number of likely N-dealkylation sites (tertiary alicyclic amines) is 1. The van der Waals surface area contributed by atoms with Gasteiger partial charge in [0.25, 0.3) is 11.8 Å². The molecule has 0 aliphatic carbocycles. The third-order valence-corrected chi connectivity index (χ3v) is 8.63. The first-order chi connectivity index (χ1) is 20.3. The number of rotatable bonds is 5. The number of hydrogen-bond acceptors (Lipinski definition) is 9. The Kier molecular flexibility index (Phi) is 7.70. The summed E-state index contributed by atoms with van der Waals surface area (Å²) in [6.07, 6.45) is 3.96. The van der Waals surface area contributed by atoms with Crippen LogP contribution in [0.2, 0.25) is 0 Å². The third-order valence-electron chi connectivity index (χ3n) is 8.63. The topological polar surface area (TPSA) is 94.6 Å². The summed E-state index contributed by atoms with van der Waals surface area (Å²) in [5.74, 6) is 1.18. The molecule has 3 aliphatic heterocycles. The van der Waals surface area contributed by atoms with Crippen molar-refractivity contribution in [2.45, 2.75) is 18.9 Å². The van der Waals surface area contributed by atoms with E-state index in [-0.39, 0.29) is 17.8 Å². The van der Waals surface area contributed by atoms with Crippen LogP contribution in [0.5, 0.6) is 17.5 Å². The van der Waals surface area contributed by atoms with Gasteiger partial charge in [0.15, 0.2) is 17.3 Å². The van der Waals surface area contributed by atoms with Crippen LogP contribution in [0, 0.1) is 0 Å². The predicted octanol–water partition coefficient (Wildman–Crippen LogP) is 3.49. The van der Waals surface area contributed by atoms with Crippen molar-refractivity contribution in [2.75, 3.05) is 77.3 Å². The Morgan fingerprint density at radius 3 is 2.36 bits per heavy atom. The molecule has 4 heterocycles. The second-order valence-electron chi connectivity index (χ2n) is 11.1. The highest BCUT2D eigenvalue weighted by Crippen LogP contribution is 2.39. The maximum absolute atomic E-state index is 13.4. The van der Waals surface area contributed by atoms with Crippen LogP contribution in [-0.4, -0.2) is 110 Å². The largest absolute Gasteiger partial charge is 0.493 e. The fourth-order valence-corrected chi connectivity index (χ4v) is 6.05. The van der Waals surface area contributed by atoms with Gasteiger partial charge in [0.2, 0.25) is 0 Å². The van der Waals surface area contributed by atoms with Crippen LogP contribution in [0.3, 0.4) is 0 Å². The van der Waals surface area contributed by atoms with Crippen molar-refractivity contribution in [3.8, 4) is 17.5 Å². The first-order valence-electron chi connectivity index (χ1n) is 14.4. The maximum Gasteiger partial charge on any atom is 0.324 e. The summed E-state index contributed by atoms with van der Waals surface area (Å²) >= 11 is 0. The van der Waals surface area contributed by atoms with Crippen molar-refractivity contribution in [2.24, 2.45) is 0 Å². The summed E-state index contributed by atoms with van der Waals surface area (Å²) in [6, 6.07) is 13.3. The Morgan fingerprint density at radius 1 is 0.881 bits per heavy atom. The van der Waals surface area contributed by atoms with Crippen LogP contribution in [-0.2, 0) is 0 Å². The summed E-state index contributed by atoms with van der Waals surface area (Å²) in [5.41, 5.74) is 2.43. The summed E-state index contributed by atoms with van der Waals surface area (Å²) < 4.78 is 11.7. The lowest BCUT2D eigenvalue weighted by Gasteiger charge is -2.42. The molecule has 2 saturated heterocycles. The molecule has 6 rings (SSSR count). The molecule has 2 amide bonds. The number of carbonyl (C=O) groups excluding carboxylic acids is 2. The Bertz CT molecular complexity index is 1480. The number of nitrogens with zero attached hydrogens (tertiary/aromatic N) is 7. The van der Waals surface area contributed by atoms with Crippen molar-refractivity contribution in [1.29, 1.82) is 0 Å². The minimum Gasteiger partial charge on any atom is -0.493 e. The van der Waals surface area contributed by atoms with Gasteiger partial charge in [-0.05, 0) is 63.3 Å². The normalized spacial score (nSPS) is 18.4.